The molecular weight excluding hydrogens is 130 g/mol. The van der Waals surface area contributed by atoms with Gasteiger partial charge in [-0.05, 0) is 6.42 Å². The summed E-state index contributed by atoms with van der Waals surface area (Å²) in [4.78, 5) is 16.3. The molecule has 10 heavy (non-hydrogen) atoms. The average molecular weight is 141 g/mol. The molecule has 1 saturated carbocycles. The van der Waals surface area contributed by atoms with Crippen molar-refractivity contribution in [2.75, 3.05) is 13.7 Å². The molecule has 0 bridgehead atoms. The first-order chi connectivity index (χ1) is 4.63. The summed E-state index contributed by atoms with van der Waals surface area (Å²) in [6.45, 7) is 2.81. The van der Waals surface area contributed by atoms with Crippen molar-refractivity contribution in [3.63, 3.8) is 0 Å². The van der Waals surface area contributed by atoms with Gasteiger partial charge in [0.1, 0.15) is 0 Å². The number of hydroxylamine groups is 2. The van der Waals surface area contributed by atoms with Gasteiger partial charge in [0.2, 0.25) is 5.91 Å². The number of rotatable bonds is 0. The van der Waals surface area contributed by atoms with Crippen LogP contribution in [0.15, 0.2) is 0 Å². The van der Waals surface area contributed by atoms with Crippen LogP contribution in [0.3, 0.4) is 0 Å². The lowest BCUT2D eigenvalue weighted by atomic mass is 10.1. The number of carbonyl (C=O) groups is 1. The highest BCUT2D eigenvalue weighted by Gasteiger charge is 2.58. The van der Waals surface area contributed by atoms with Crippen LogP contribution < -0.4 is 0 Å². The van der Waals surface area contributed by atoms with Crippen LogP contribution in [0.4, 0.5) is 0 Å². The van der Waals surface area contributed by atoms with Crippen LogP contribution in [-0.2, 0) is 9.63 Å². The Morgan fingerprint density at radius 1 is 1.80 bits per heavy atom. The first-order valence-corrected chi connectivity index (χ1v) is 3.54. The Hall–Kier alpha value is -0.570. The van der Waals surface area contributed by atoms with Gasteiger partial charge in [-0.1, -0.05) is 6.92 Å². The largest absolute Gasteiger partial charge is 0.272 e. The summed E-state index contributed by atoms with van der Waals surface area (Å²) >= 11 is 0. The first-order valence-electron chi connectivity index (χ1n) is 3.54. The van der Waals surface area contributed by atoms with E-state index in [0.717, 1.165) is 6.42 Å². The first kappa shape index (κ1) is 6.16. The summed E-state index contributed by atoms with van der Waals surface area (Å²) in [5.41, 5.74) is 0.184. The van der Waals surface area contributed by atoms with Crippen molar-refractivity contribution in [1.82, 2.24) is 5.06 Å². The standard InChI is InChI=1S/C7H11NO2/c1-7-3-5(7)6(9)8(2)10-4-7/h5H,3-4H2,1-2H3/t5-,7+/m1/s1. The third-order valence-electron chi connectivity index (χ3n) is 2.55. The summed E-state index contributed by atoms with van der Waals surface area (Å²) in [6, 6.07) is 0. The lowest BCUT2D eigenvalue weighted by molar-refractivity contribution is -0.197. The van der Waals surface area contributed by atoms with E-state index in [0.29, 0.717) is 6.61 Å². The van der Waals surface area contributed by atoms with Crippen LogP contribution in [0.5, 0.6) is 0 Å². The van der Waals surface area contributed by atoms with Crippen molar-refractivity contribution in [3.05, 3.63) is 0 Å². The summed E-state index contributed by atoms with van der Waals surface area (Å²) in [5, 5.41) is 1.36. The zero-order valence-corrected chi connectivity index (χ0v) is 6.26. The minimum atomic E-state index is 0.147. The second kappa shape index (κ2) is 1.53. The molecule has 1 amide bonds. The number of carbonyl (C=O) groups excluding carboxylic acids is 1. The molecule has 0 aromatic rings. The van der Waals surface area contributed by atoms with Gasteiger partial charge in [0, 0.05) is 18.4 Å². The van der Waals surface area contributed by atoms with Crippen molar-refractivity contribution in [3.8, 4) is 0 Å². The third kappa shape index (κ3) is 0.611. The molecule has 56 valence electrons. The molecule has 3 heteroatoms. The maximum absolute atomic E-state index is 11.2. The summed E-state index contributed by atoms with van der Waals surface area (Å²) in [7, 11) is 1.68. The predicted octanol–water partition coefficient (Wildman–Crippen LogP) is 0.416. The van der Waals surface area contributed by atoms with Gasteiger partial charge in [0.05, 0.1) is 6.61 Å². The van der Waals surface area contributed by atoms with Crippen molar-refractivity contribution in [1.29, 1.82) is 0 Å². The van der Waals surface area contributed by atoms with Gasteiger partial charge in [-0.3, -0.25) is 9.63 Å². The molecule has 0 N–H and O–H groups in total. The Labute approximate surface area is 59.9 Å². The van der Waals surface area contributed by atoms with Gasteiger partial charge in [-0.2, -0.15) is 0 Å². The van der Waals surface area contributed by atoms with Gasteiger partial charge in [-0.25, -0.2) is 5.06 Å². The number of hydrogen-bond donors (Lipinski definition) is 0. The van der Waals surface area contributed by atoms with Gasteiger partial charge in [0.15, 0.2) is 0 Å². The molecule has 0 spiro atoms. The molecule has 3 nitrogen and oxygen atoms in total. The lowest BCUT2D eigenvalue weighted by Gasteiger charge is -2.25. The highest BCUT2D eigenvalue weighted by atomic mass is 16.7. The molecule has 0 aromatic heterocycles. The molecule has 2 fully saturated rings. The second-order valence-electron chi connectivity index (χ2n) is 3.52. The van der Waals surface area contributed by atoms with Crippen LogP contribution >= 0.6 is 0 Å². The lowest BCUT2D eigenvalue weighted by Crippen LogP contribution is -2.37. The maximum atomic E-state index is 11.2. The third-order valence-corrected chi connectivity index (χ3v) is 2.55. The smallest absolute Gasteiger partial charge is 0.249 e. The molecule has 1 aliphatic carbocycles. The van der Waals surface area contributed by atoms with Crippen molar-refractivity contribution < 1.29 is 9.63 Å². The number of hydrogen-bond acceptors (Lipinski definition) is 2. The van der Waals surface area contributed by atoms with Gasteiger partial charge in [-0.15, -0.1) is 0 Å². The Balaban J connectivity index is 2.16. The Morgan fingerprint density at radius 2 is 2.50 bits per heavy atom. The minimum Gasteiger partial charge on any atom is -0.272 e. The van der Waals surface area contributed by atoms with Crippen molar-refractivity contribution in [2.24, 2.45) is 11.3 Å². The molecule has 2 aliphatic rings. The van der Waals surface area contributed by atoms with Gasteiger partial charge in [0.25, 0.3) is 0 Å². The molecule has 0 unspecified atom stereocenters. The van der Waals surface area contributed by atoms with E-state index in [1.807, 2.05) is 0 Å². The summed E-state index contributed by atoms with van der Waals surface area (Å²) in [5.74, 6) is 0.403. The number of nitrogens with zero attached hydrogens (tertiary/aromatic N) is 1. The highest BCUT2D eigenvalue weighted by molar-refractivity contribution is 5.82. The fraction of sp³-hybridized carbons (Fsp3) is 0.857. The average Bonchev–Trinajstić information content (AvgIpc) is 2.56. The fourth-order valence-corrected chi connectivity index (χ4v) is 1.48. The molecule has 2 rings (SSSR count). The zero-order valence-electron chi connectivity index (χ0n) is 6.26. The van der Waals surface area contributed by atoms with E-state index >= 15 is 0 Å². The van der Waals surface area contributed by atoms with Gasteiger partial charge >= 0.3 is 0 Å². The zero-order chi connectivity index (χ0) is 7.35. The van der Waals surface area contributed by atoms with E-state index in [4.69, 9.17) is 4.84 Å². The quantitative estimate of drug-likeness (QED) is 0.489. The van der Waals surface area contributed by atoms with Crippen LogP contribution in [0.25, 0.3) is 0 Å². The molecule has 0 aromatic carbocycles. The van der Waals surface area contributed by atoms with Crippen molar-refractivity contribution >= 4 is 5.91 Å². The molecular formula is C7H11NO2. The molecule has 1 saturated heterocycles. The van der Waals surface area contributed by atoms with E-state index in [2.05, 4.69) is 6.92 Å². The van der Waals surface area contributed by atoms with E-state index in [9.17, 15) is 4.79 Å². The molecule has 0 radical (unpaired) electrons. The fourth-order valence-electron chi connectivity index (χ4n) is 1.48. The Morgan fingerprint density at radius 3 is 3.10 bits per heavy atom. The molecule has 1 aliphatic heterocycles. The monoisotopic (exact) mass is 141 g/mol. The number of amides is 1. The minimum absolute atomic E-state index is 0.147. The maximum Gasteiger partial charge on any atom is 0.249 e. The number of fused-ring (bicyclic) bond motifs is 1. The molecule has 1 heterocycles. The van der Waals surface area contributed by atoms with Crippen LogP contribution in [0.2, 0.25) is 0 Å². The van der Waals surface area contributed by atoms with E-state index in [1.165, 1.54) is 5.06 Å². The summed E-state index contributed by atoms with van der Waals surface area (Å²) in [6.07, 6.45) is 1.01. The predicted molar refractivity (Wildman–Crippen MR) is 34.9 cm³/mol. The molecule has 2 atom stereocenters. The van der Waals surface area contributed by atoms with Crippen LogP contribution in [0.1, 0.15) is 13.3 Å². The Bertz CT molecular complexity index is 192. The van der Waals surface area contributed by atoms with Gasteiger partial charge < -0.3 is 0 Å². The van der Waals surface area contributed by atoms with Crippen LogP contribution in [-0.4, -0.2) is 24.6 Å². The van der Waals surface area contributed by atoms with Crippen LogP contribution in [0, 0.1) is 11.3 Å². The van der Waals surface area contributed by atoms with E-state index in [1.54, 1.807) is 7.05 Å². The Kier molecular flexibility index (Phi) is 0.944. The topological polar surface area (TPSA) is 29.5 Å². The highest BCUT2D eigenvalue weighted by Crippen LogP contribution is 2.55. The van der Waals surface area contributed by atoms with E-state index in [-0.39, 0.29) is 17.2 Å². The SMILES string of the molecule is CN1OC[C@]2(C)C[C@@H]2C1=O. The van der Waals surface area contributed by atoms with Crippen molar-refractivity contribution in [2.45, 2.75) is 13.3 Å². The summed E-state index contributed by atoms with van der Waals surface area (Å²) < 4.78 is 0. The second-order valence-corrected chi connectivity index (χ2v) is 3.52. The van der Waals surface area contributed by atoms with E-state index < -0.39 is 0 Å². The normalized spacial score (nSPS) is 45.2.